The number of carbonyl (C=O) groups is 1. The molecule has 8 heteroatoms. The summed E-state index contributed by atoms with van der Waals surface area (Å²) in [6, 6.07) is 20.6. The molecule has 2 N–H and O–H groups in total. The number of fused-ring (bicyclic) bond motifs is 5. The minimum absolute atomic E-state index is 0. The number of hydrogen-bond donors (Lipinski definition) is 2. The standard InChI is InChI=1S/C50H65N4O3.BrH/c1-48(2)39-19-15-14-18-37(39)38-33-42-44(34-40(38)48)54(27-16-10-13-22-47(57)52-29-25-36(56)26-30-52)46(50(42,5)6)21-12-9-11-20-45-49(3,4)41-32-35(51(7)8)23-24-43(41)53(45)28-17-31-55;/h9,11-12,14-15,18-21,23-24,32-34,36,55-56H,10,13,16-17,22,25-31H2,1-8H3;1H/q+1;/p-1. The summed E-state index contributed by atoms with van der Waals surface area (Å²) >= 11 is 0. The van der Waals surface area contributed by atoms with Crippen LogP contribution in [0.25, 0.3) is 11.1 Å². The first-order chi connectivity index (χ1) is 27.2. The van der Waals surface area contributed by atoms with Gasteiger partial charge in [-0.2, -0.15) is 4.58 Å². The van der Waals surface area contributed by atoms with Crippen LogP contribution >= 0.6 is 0 Å². The van der Waals surface area contributed by atoms with E-state index in [9.17, 15) is 15.0 Å². The lowest BCUT2D eigenvalue weighted by atomic mass is 9.79. The Kier molecular flexibility index (Phi) is 13.0. The number of carbonyl (C=O) groups excluding carboxylic acids is 1. The summed E-state index contributed by atoms with van der Waals surface area (Å²) < 4.78 is 2.38. The maximum atomic E-state index is 12.9. The molecule has 0 radical (unpaired) electrons. The van der Waals surface area contributed by atoms with E-state index in [-0.39, 0.29) is 51.8 Å². The zero-order chi connectivity index (χ0) is 40.7. The smallest absolute Gasteiger partial charge is 0.222 e. The first-order valence-corrected chi connectivity index (χ1v) is 21.3. The topological polar surface area (TPSA) is 70.3 Å². The zero-order valence-corrected chi connectivity index (χ0v) is 37.7. The molecule has 1 fully saturated rings. The van der Waals surface area contributed by atoms with Crippen molar-refractivity contribution in [2.75, 3.05) is 56.7 Å². The zero-order valence-electron chi connectivity index (χ0n) is 36.1. The van der Waals surface area contributed by atoms with E-state index in [1.165, 1.54) is 61.9 Å². The van der Waals surface area contributed by atoms with Crippen LogP contribution in [-0.2, 0) is 21.0 Å². The molecule has 1 saturated heterocycles. The van der Waals surface area contributed by atoms with Crippen LogP contribution in [0, 0.1) is 0 Å². The Labute approximate surface area is 358 Å². The molecule has 0 saturated carbocycles. The number of aliphatic hydroxyl groups is 2. The number of anilines is 2. The lowest BCUT2D eigenvalue weighted by Gasteiger charge is -2.29. The molecule has 7 nitrogen and oxygen atoms in total. The summed E-state index contributed by atoms with van der Waals surface area (Å²) in [7, 11) is 4.17. The maximum absolute atomic E-state index is 12.9. The third-order valence-electron chi connectivity index (χ3n) is 13.3. The van der Waals surface area contributed by atoms with Gasteiger partial charge < -0.3 is 41.9 Å². The van der Waals surface area contributed by atoms with Crippen molar-refractivity contribution in [3.63, 3.8) is 0 Å². The molecule has 0 aromatic heterocycles. The van der Waals surface area contributed by atoms with Crippen molar-refractivity contribution >= 4 is 28.7 Å². The highest BCUT2D eigenvalue weighted by Gasteiger charge is 2.45. The van der Waals surface area contributed by atoms with Crippen molar-refractivity contribution in [1.29, 1.82) is 0 Å². The molecule has 7 rings (SSSR count). The van der Waals surface area contributed by atoms with Crippen LogP contribution in [0.4, 0.5) is 17.1 Å². The lowest BCUT2D eigenvalue weighted by molar-refractivity contribution is -0.438. The third kappa shape index (κ3) is 8.01. The molecular formula is C50H65BrN4O3. The van der Waals surface area contributed by atoms with Crippen LogP contribution in [0.3, 0.4) is 0 Å². The highest BCUT2D eigenvalue weighted by molar-refractivity contribution is 6.03. The van der Waals surface area contributed by atoms with Gasteiger partial charge in [-0.3, -0.25) is 4.79 Å². The quantitative estimate of drug-likeness (QED) is 0.123. The van der Waals surface area contributed by atoms with Gasteiger partial charge in [0.2, 0.25) is 11.6 Å². The highest BCUT2D eigenvalue weighted by Crippen LogP contribution is 2.56. The van der Waals surface area contributed by atoms with Gasteiger partial charge in [-0.05, 0) is 97.7 Å². The van der Waals surface area contributed by atoms with Crippen molar-refractivity contribution in [3.05, 3.63) is 113 Å². The number of halogens is 1. The van der Waals surface area contributed by atoms with Crippen LogP contribution in [0.2, 0.25) is 0 Å². The van der Waals surface area contributed by atoms with Crippen LogP contribution < -0.4 is 26.8 Å². The number of benzene rings is 3. The van der Waals surface area contributed by atoms with Crippen molar-refractivity contribution in [1.82, 2.24) is 4.90 Å². The molecule has 1 amide bonds. The highest BCUT2D eigenvalue weighted by atomic mass is 79.9. The van der Waals surface area contributed by atoms with E-state index in [1.54, 1.807) is 0 Å². The van der Waals surface area contributed by atoms with Gasteiger partial charge in [0.15, 0.2) is 12.3 Å². The van der Waals surface area contributed by atoms with E-state index >= 15 is 0 Å². The molecule has 310 valence electrons. The average molecular weight is 850 g/mol. The minimum atomic E-state index is -0.267. The summed E-state index contributed by atoms with van der Waals surface area (Å²) in [6.07, 6.45) is 16.4. The Morgan fingerprint density at radius 1 is 0.810 bits per heavy atom. The monoisotopic (exact) mass is 848 g/mol. The third-order valence-corrected chi connectivity index (χ3v) is 13.3. The van der Waals surface area contributed by atoms with Crippen molar-refractivity contribution in [2.45, 2.75) is 109 Å². The average Bonchev–Trinajstić information content (AvgIpc) is 3.64. The molecule has 3 aromatic rings. The van der Waals surface area contributed by atoms with Gasteiger partial charge in [0.1, 0.15) is 0 Å². The minimum Gasteiger partial charge on any atom is -1.00 e. The number of allylic oxidation sites excluding steroid dienone is 6. The van der Waals surface area contributed by atoms with E-state index < -0.39 is 0 Å². The van der Waals surface area contributed by atoms with E-state index in [1.807, 2.05) is 4.90 Å². The predicted molar refractivity (Wildman–Crippen MR) is 236 cm³/mol. The molecule has 1 aliphatic carbocycles. The molecule has 3 aliphatic heterocycles. The summed E-state index contributed by atoms with van der Waals surface area (Å²) in [5, 5.41) is 19.6. The molecule has 4 aliphatic rings. The Bertz CT molecular complexity index is 2130. The normalized spacial score (nSPS) is 19.5. The van der Waals surface area contributed by atoms with Crippen LogP contribution in [-0.4, -0.2) is 84.3 Å². The summed E-state index contributed by atoms with van der Waals surface area (Å²) in [5.74, 6) is 0.226. The summed E-state index contributed by atoms with van der Waals surface area (Å²) in [5.41, 5.74) is 13.9. The largest absolute Gasteiger partial charge is 1.00 e. The molecule has 3 heterocycles. The number of rotatable bonds is 13. The fraction of sp³-hybridized carbons (Fsp3) is 0.480. The Morgan fingerprint density at radius 2 is 1.55 bits per heavy atom. The van der Waals surface area contributed by atoms with Gasteiger partial charge in [-0.1, -0.05) is 76.6 Å². The molecule has 0 unspecified atom stereocenters. The fourth-order valence-corrected chi connectivity index (χ4v) is 9.87. The number of amides is 1. The van der Waals surface area contributed by atoms with Crippen LogP contribution in [0.5, 0.6) is 0 Å². The summed E-state index contributed by atoms with van der Waals surface area (Å²) in [4.78, 5) is 19.6. The van der Waals surface area contributed by atoms with Gasteiger partial charge in [-0.15, -0.1) is 0 Å². The Hall–Kier alpha value is -3.98. The second-order valence-corrected chi connectivity index (χ2v) is 18.4. The van der Waals surface area contributed by atoms with Crippen molar-refractivity contribution < 1.29 is 36.6 Å². The van der Waals surface area contributed by atoms with Gasteiger partial charge in [0, 0.05) is 98.8 Å². The molecular weight excluding hydrogens is 784 g/mol. The fourth-order valence-electron chi connectivity index (χ4n) is 9.87. The second kappa shape index (κ2) is 17.3. The molecule has 0 atom stereocenters. The second-order valence-electron chi connectivity index (χ2n) is 18.4. The molecule has 58 heavy (non-hydrogen) atoms. The summed E-state index contributed by atoms with van der Waals surface area (Å²) in [6.45, 7) is 17.2. The van der Waals surface area contributed by atoms with E-state index in [4.69, 9.17) is 0 Å². The first kappa shape index (κ1) is 43.6. The van der Waals surface area contributed by atoms with Crippen LogP contribution in [0.1, 0.15) is 109 Å². The number of likely N-dealkylation sites (tertiary alicyclic amines) is 1. The number of hydrogen-bond acceptors (Lipinski definition) is 5. The molecule has 0 bridgehead atoms. The first-order valence-electron chi connectivity index (χ1n) is 21.3. The molecule has 3 aromatic carbocycles. The maximum Gasteiger partial charge on any atom is 0.222 e. The van der Waals surface area contributed by atoms with Gasteiger partial charge in [0.05, 0.1) is 11.5 Å². The Morgan fingerprint density at radius 3 is 2.28 bits per heavy atom. The number of unbranched alkanes of at least 4 members (excludes halogenated alkanes) is 2. The van der Waals surface area contributed by atoms with Gasteiger partial charge in [0.25, 0.3) is 0 Å². The van der Waals surface area contributed by atoms with E-state index in [2.05, 4.69) is 155 Å². The van der Waals surface area contributed by atoms with Crippen LogP contribution in [0.15, 0.2) is 90.7 Å². The van der Waals surface area contributed by atoms with Gasteiger partial charge in [-0.25, -0.2) is 0 Å². The van der Waals surface area contributed by atoms with E-state index in [0.29, 0.717) is 38.8 Å². The van der Waals surface area contributed by atoms with Crippen molar-refractivity contribution in [3.8, 4) is 11.1 Å². The van der Waals surface area contributed by atoms with Gasteiger partial charge >= 0.3 is 0 Å². The number of nitrogens with zero attached hydrogens (tertiary/aromatic N) is 4. The Balaban J connectivity index is 0.00000567. The SMILES string of the molecule is CN(C)c1ccc2c(c1)C(C)(C)C(/C=C/C=C/C=C1/N(CCCCCC(=O)N3CCC(O)CC3)c3cc4c(cc3C1(C)C)-c1ccccc1C4(C)C)=[N+]2CCCO.[Br-]. The van der Waals surface area contributed by atoms with E-state index in [0.717, 1.165) is 32.4 Å². The predicted octanol–water partition coefficient (Wildman–Crippen LogP) is 6.16. The lowest BCUT2D eigenvalue weighted by Crippen LogP contribution is -3.00. The molecule has 0 spiro atoms. The number of piperidine rings is 1. The number of aliphatic hydroxyl groups excluding tert-OH is 2. The van der Waals surface area contributed by atoms with Crippen molar-refractivity contribution in [2.24, 2.45) is 0 Å².